The van der Waals surface area contributed by atoms with Crippen LogP contribution in [0.3, 0.4) is 0 Å². The Bertz CT molecular complexity index is 431. The fourth-order valence-corrected chi connectivity index (χ4v) is 2.29. The van der Waals surface area contributed by atoms with Crippen LogP contribution in [0, 0.1) is 0 Å². The number of primary amides is 1. The smallest absolute Gasteiger partial charge is 0.218 e. The van der Waals surface area contributed by atoms with Gasteiger partial charge in [-0.1, -0.05) is 19.4 Å². The zero-order valence-corrected chi connectivity index (χ0v) is 10.6. The molecule has 1 aliphatic rings. The third-order valence-corrected chi connectivity index (χ3v) is 3.12. The summed E-state index contributed by atoms with van der Waals surface area (Å²) in [6.45, 7) is 3.27. The number of ether oxygens (including phenoxy) is 2. The lowest BCUT2D eigenvalue weighted by atomic mass is 9.91. The molecule has 0 aromatic heterocycles. The van der Waals surface area contributed by atoms with Crippen molar-refractivity contribution in [3.63, 3.8) is 0 Å². The molecular weight excluding hydrogens is 230 g/mol. The van der Waals surface area contributed by atoms with E-state index in [1.165, 1.54) is 0 Å². The van der Waals surface area contributed by atoms with Crippen LogP contribution in [0.2, 0.25) is 0 Å². The molecule has 1 amide bonds. The highest BCUT2D eigenvalue weighted by Crippen LogP contribution is 2.35. The van der Waals surface area contributed by atoms with Crippen LogP contribution in [0.1, 0.15) is 37.7 Å². The monoisotopic (exact) mass is 249 g/mol. The summed E-state index contributed by atoms with van der Waals surface area (Å²) >= 11 is 0. The predicted octanol–water partition coefficient (Wildman–Crippen LogP) is 2.22. The second-order valence-electron chi connectivity index (χ2n) is 4.56. The van der Waals surface area contributed by atoms with E-state index in [-0.39, 0.29) is 11.8 Å². The van der Waals surface area contributed by atoms with Crippen LogP contribution in [0.25, 0.3) is 0 Å². The maximum atomic E-state index is 11.1. The number of carbonyl (C=O) groups is 1. The van der Waals surface area contributed by atoms with Crippen LogP contribution < -0.4 is 15.2 Å². The minimum absolute atomic E-state index is 0.170. The Morgan fingerprint density at radius 3 is 2.72 bits per heavy atom. The largest absolute Gasteiger partial charge is 0.486 e. The van der Waals surface area contributed by atoms with Gasteiger partial charge in [-0.3, -0.25) is 4.79 Å². The number of nitrogens with two attached hydrogens (primary N) is 1. The number of rotatable bonds is 5. The maximum Gasteiger partial charge on any atom is 0.218 e. The van der Waals surface area contributed by atoms with Crippen LogP contribution in [0.15, 0.2) is 18.2 Å². The van der Waals surface area contributed by atoms with Crippen molar-refractivity contribution in [1.29, 1.82) is 0 Å². The molecule has 0 spiro atoms. The molecule has 1 aromatic carbocycles. The first-order valence-electron chi connectivity index (χ1n) is 6.38. The molecule has 0 saturated heterocycles. The highest BCUT2D eigenvalue weighted by atomic mass is 16.6. The Hall–Kier alpha value is -1.71. The summed E-state index contributed by atoms with van der Waals surface area (Å²) in [7, 11) is 0. The molecule has 1 atom stereocenters. The van der Waals surface area contributed by atoms with Crippen molar-refractivity contribution in [2.75, 3.05) is 13.2 Å². The molecule has 0 bridgehead atoms. The van der Waals surface area contributed by atoms with Crippen LogP contribution in [0.4, 0.5) is 0 Å². The first-order chi connectivity index (χ1) is 8.70. The van der Waals surface area contributed by atoms with Crippen molar-refractivity contribution >= 4 is 5.91 Å². The highest BCUT2D eigenvalue weighted by Gasteiger charge is 2.18. The third kappa shape index (κ3) is 2.94. The van der Waals surface area contributed by atoms with Crippen LogP contribution in [-0.4, -0.2) is 19.1 Å². The van der Waals surface area contributed by atoms with Gasteiger partial charge in [-0.25, -0.2) is 0 Å². The zero-order chi connectivity index (χ0) is 13.0. The molecule has 4 heteroatoms. The van der Waals surface area contributed by atoms with Gasteiger partial charge in [-0.2, -0.15) is 0 Å². The molecule has 0 aliphatic carbocycles. The molecule has 1 heterocycles. The average molecular weight is 249 g/mol. The van der Waals surface area contributed by atoms with Gasteiger partial charge in [0.1, 0.15) is 13.2 Å². The molecule has 2 N–H and O–H groups in total. The van der Waals surface area contributed by atoms with E-state index in [9.17, 15) is 4.79 Å². The molecule has 0 radical (unpaired) electrons. The number of carbonyl (C=O) groups excluding carboxylic acids is 1. The summed E-state index contributed by atoms with van der Waals surface area (Å²) in [5.74, 6) is 1.45. The Morgan fingerprint density at radius 2 is 2.06 bits per heavy atom. The van der Waals surface area contributed by atoms with Gasteiger partial charge in [0.2, 0.25) is 5.91 Å². The Kier molecular flexibility index (Phi) is 4.07. The Balaban J connectivity index is 2.21. The van der Waals surface area contributed by atoms with Crippen LogP contribution in [-0.2, 0) is 4.79 Å². The standard InChI is InChI=1S/C14H19NO3/c1-2-3-10(9-14(15)16)11-4-5-12-13(8-11)18-7-6-17-12/h4-5,8,10H,2-3,6-7,9H2,1H3,(H2,15,16). The second kappa shape index (κ2) is 5.76. The van der Waals surface area contributed by atoms with E-state index in [2.05, 4.69) is 6.92 Å². The molecule has 98 valence electrons. The van der Waals surface area contributed by atoms with E-state index in [1.807, 2.05) is 18.2 Å². The van der Waals surface area contributed by atoms with Crippen molar-refractivity contribution in [2.24, 2.45) is 5.73 Å². The van der Waals surface area contributed by atoms with Gasteiger partial charge in [0, 0.05) is 6.42 Å². The van der Waals surface area contributed by atoms with E-state index in [0.717, 1.165) is 29.9 Å². The number of amides is 1. The summed E-state index contributed by atoms with van der Waals surface area (Å²) < 4.78 is 11.0. The molecule has 18 heavy (non-hydrogen) atoms. The van der Waals surface area contributed by atoms with E-state index in [1.54, 1.807) is 0 Å². The molecule has 0 fully saturated rings. The Labute approximate surface area is 107 Å². The molecule has 1 unspecified atom stereocenters. The SMILES string of the molecule is CCCC(CC(N)=O)c1ccc2c(c1)OCCO2. The molecule has 0 saturated carbocycles. The van der Waals surface area contributed by atoms with Crippen LogP contribution in [0.5, 0.6) is 11.5 Å². The number of hydrogen-bond acceptors (Lipinski definition) is 3. The minimum Gasteiger partial charge on any atom is -0.486 e. The zero-order valence-electron chi connectivity index (χ0n) is 10.6. The molecule has 1 aromatic rings. The quantitative estimate of drug-likeness (QED) is 0.870. The second-order valence-corrected chi connectivity index (χ2v) is 4.56. The van der Waals surface area contributed by atoms with Gasteiger partial charge < -0.3 is 15.2 Å². The van der Waals surface area contributed by atoms with Gasteiger partial charge in [0.15, 0.2) is 11.5 Å². The molecular formula is C14H19NO3. The summed E-state index contributed by atoms with van der Waals surface area (Å²) in [5.41, 5.74) is 6.40. The number of fused-ring (bicyclic) bond motifs is 1. The summed E-state index contributed by atoms with van der Waals surface area (Å²) in [4.78, 5) is 11.1. The van der Waals surface area contributed by atoms with E-state index >= 15 is 0 Å². The topological polar surface area (TPSA) is 61.6 Å². The summed E-state index contributed by atoms with van der Waals surface area (Å²) in [6, 6.07) is 5.88. The van der Waals surface area contributed by atoms with E-state index in [0.29, 0.717) is 19.6 Å². The molecule has 4 nitrogen and oxygen atoms in total. The predicted molar refractivity (Wildman–Crippen MR) is 68.9 cm³/mol. The van der Waals surface area contributed by atoms with Crippen molar-refractivity contribution < 1.29 is 14.3 Å². The van der Waals surface area contributed by atoms with E-state index in [4.69, 9.17) is 15.2 Å². The lowest BCUT2D eigenvalue weighted by Gasteiger charge is -2.21. The number of hydrogen-bond donors (Lipinski definition) is 1. The maximum absolute atomic E-state index is 11.1. The van der Waals surface area contributed by atoms with Crippen molar-refractivity contribution in [2.45, 2.75) is 32.1 Å². The van der Waals surface area contributed by atoms with Gasteiger partial charge >= 0.3 is 0 Å². The highest BCUT2D eigenvalue weighted by molar-refractivity contribution is 5.74. The van der Waals surface area contributed by atoms with Gasteiger partial charge in [0.05, 0.1) is 0 Å². The normalized spacial score (nSPS) is 15.2. The Morgan fingerprint density at radius 1 is 1.33 bits per heavy atom. The van der Waals surface area contributed by atoms with Gasteiger partial charge in [0.25, 0.3) is 0 Å². The fourth-order valence-electron chi connectivity index (χ4n) is 2.29. The average Bonchev–Trinajstić information content (AvgIpc) is 2.37. The summed E-state index contributed by atoms with van der Waals surface area (Å²) in [5, 5.41) is 0. The van der Waals surface area contributed by atoms with Crippen molar-refractivity contribution in [3.05, 3.63) is 23.8 Å². The summed E-state index contributed by atoms with van der Waals surface area (Å²) in [6.07, 6.45) is 2.35. The van der Waals surface area contributed by atoms with Gasteiger partial charge in [-0.15, -0.1) is 0 Å². The van der Waals surface area contributed by atoms with Crippen molar-refractivity contribution in [1.82, 2.24) is 0 Å². The van der Waals surface area contributed by atoms with Crippen LogP contribution >= 0.6 is 0 Å². The van der Waals surface area contributed by atoms with Gasteiger partial charge in [-0.05, 0) is 30.0 Å². The fraction of sp³-hybridized carbons (Fsp3) is 0.500. The lowest BCUT2D eigenvalue weighted by molar-refractivity contribution is -0.118. The number of benzene rings is 1. The van der Waals surface area contributed by atoms with E-state index < -0.39 is 0 Å². The first kappa shape index (κ1) is 12.7. The third-order valence-electron chi connectivity index (χ3n) is 3.12. The first-order valence-corrected chi connectivity index (χ1v) is 6.38. The van der Waals surface area contributed by atoms with Crippen molar-refractivity contribution in [3.8, 4) is 11.5 Å². The molecule has 1 aliphatic heterocycles. The minimum atomic E-state index is -0.261. The lowest BCUT2D eigenvalue weighted by Crippen LogP contribution is -2.17. The molecule has 2 rings (SSSR count).